The van der Waals surface area contributed by atoms with Crippen LogP contribution in [0.4, 0.5) is 0 Å². The van der Waals surface area contributed by atoms with Crippen molar-refractivity contribution in [1.82, 2.24) is 15.1 Å². The van der Waals surface area contributed by atoms with Crippen LogP contribution in [-0.2, 0) is 0 Å². The van der Waals surface area contributed by atoms with E-state index >= 15 is 0 Å². The van der Waals surface area contributed by atoms with Crippen LogP contribution in [0.1, 0.15) is 16.8 Å². The van der Waals surface area contributed by atoms with Gasteiger partial charge < -0.3 is 10.2 Å². The second-order valence-corrected chi connectivity index (χ2v) is 6.51. The molecule has 2 aromatic carbocycles. The van der Waals surface area contributed by atoms with Gasteiger partial charge in [0.2, 0.25) is 0 Å². The van der Waals surface area contributed by atoms with Gasteiger partial charge in [0, 0.05) is 50.9 Å². The Bertz CT molecular complexity index is 703. The van der Waals surface area contributed by atoms with Crippen molar-refractivity contribution >= 4 is 16.7 Å². The van der Waals surface area contributed by atoms with Gasteiger partial charge in [0.25, 0.3) is 5.91 Å². The largest absolute Gasteiger partial charge is 0.337 e. The van der Waals surface area contributed by atoms with Crippen LogP contribution in [-0.4, -0.2) is 61.0 Å². The monoisotopic (exact) mass is 309 g/mol. The minimum Gasteiger partial charge on any atom is -0.337 e. The number of carbonyl (C=O) groups is 1. The maximum atomic E-state index is 13.0. The highest BCUT2D eigenvalue weighted by atomic mass is 16.2. The molecular formula is C19H23N3O. The third-order valence-electron chi connectivity index (χ3n) is 5.14. The van der Waals surface area contributed by atoms with Crippen LogP contribution in [0.15, 0.2) is 42.5 Å². The van der Waals surface area contributed by atoms with E-state index in [0.717, 1.165) is 62.0 Å². The predicted molar refractivity (Wildman–Crippen MR) is 92.7 cm³/mol. The van der Waals surface area contributed by atoms with Gasteiger partial charge in [-0.25, -0.2) is 0 Å². The molecule has 0 aliphatic carbocycles. The van der Waals surface area contributed by atoms with Gasteiger partial charge in [0.05, 0.1) is 0 Å². The smallest absolute Gasteiger partial charge is 0.254 e. The molecule has 4 heteroatoms. The quantitative estimate of drug-likeness (QED) is 0.921. The second kappa shape index (κ2) is 6.30. The van der Waals surface area contributed by atoms with Crippen molar-refractivity contribution in [3.8, 4) is 0 Å². The molecule has 4 rings (SSSR count). The zero-order valence-electron chi connectivity index (χ0n) is 13.4. The Labute approximate surface area is 137 Å². The molecule has 120 valence electrons. The van der Waals surface area contributed by atoms with E-state index in [1.165, 1.54) is 0 Å². The van der Waals surface area contributed by atoms with E-state index in [0.29, 0.717) is 6.04 Å². The number of rotatable bonds is 2. The van der Waals surface area contributed by atoms with Crippen LogP contribution < -0.4 is 5.32 Å². The van der Waals surface area contributed by atoms with E-state index in [2.05, 4.69) is 22.3 Å². The summed E-state index contributed by atoms with van der Waals surface area (Å²) in [7, 11) is 0. The highest BCUT2D eigenvalue weighted by Gasteiger charge is 2.31. The lowest BCUT2D eigenvalue weighted by molar-refractivity contribution is 0.0775. The van der Waals surface area contributed by atoms with Crippen molar-refractivity contribution in [1.29, 1.82) is 0 Å². The van der Waals surface area contributed by atoms with Gasteiger partial charge in [0.15, 0.2) is 0 Å². The van der Waals surface area contributed by atoms with Crippen molar-refractivity contribution in [3.63, 3.8) is 0 Å². The van der Waals surface area contributed by atoms with Crippen molar-refractivity contribution in [2.45, 2.75) is 12.5 Å². The Morgan fingerprint density at radius 1 is 1.00 bits per heavy atom. The van der Waals surface area contributed by atoms with E-state index in [9.17, 15) is 4.79 Å². The lowest BCUT2D eigenvalue weighted by atomic mass is 10.0. The zero-order valence-corrected chi connectivity index (χ0v) is 13.4. The normalized spacial score (nSPS) is 22.6. The molecule has 2 aromatic rings. The summed E-state index contributed by atoms with van der Waals surface area (Å²) >= 11 is 0. The number of hydrogen-bond donors (Lipinski definition) is 1. The molecule has 0 bridgehead atoms. The van der Waals surface area contributed by atoms with Crippen LogP contribution in [0.5, 0.6) is 0 Å². The molecule has 2 heterocycles. The Kier molecular flexibility index (Phi) is 4.02. The Morgan fingerprint density at radius 2 is 1.78 bits per heavy atom. The van der Waals surface area contributed by atoms with Gasteiger partial charge in [-0.1, -0.05) is 36.4 Å². The fourth-order valence-electron chi connectivity index (χ4n) is 3.85. The molecule has 0 radical (unpaired) electrons. The average molecular weight is 309 g/mol. The number of likely N-dealkylation sites (tertiary alicyclic amines) is 1. The van der Waals surface area contributed by atoms with Crippen molar-refractivity contribution in [2.75, 3.05) is 39.3 Å². The van der Waals surface area contributed by atoms with Crippen LogP contribution in [0.25, 0.3) is 10.8 Å². The molecule has 23 heavy (non-hydrogen) atoms. The molecular weight excluding hydrogens is 286 g/mol. The molecule has 2 saturated heterocycles. The lowest BCUT2D eigenvalue weighted by Crippen LogP contribution is -2.49. The van der Waals surface area contributed by atoms with E-state index < -0.39 is 0 Å². The molecule has 0 saturated carbocycles. The molecule has 1 amide bonds. The molecule has 0 aromatic heterocycles. The molecule has 1 N–H and O–H groups in total. The first-order chi connectivity index (χ1) is 11.3. The summed E-state index contributed by atoms with van der Waals surface area (Å²) in [5.41, 5.74) is 0.837. The van der Waals surface area contributed by atoms with Gasteiger partial charge in [-0.3, -0.25) is 9.69 Å². The van der Waals surface area contributed by atoms with E-state index in [1.807, 2.05) is 35.2 Å². The summed E-state index contributed by atoms with van der Waals surface area (Å²) in [6.45, 7) is 6.06. The second-order valence-electron chi connectivity index (χ2n) is 6.51. The van der Waals surface area contributed by atoms with E-state index in [4.69, 9.17) is 0 Å². The van der Waals surface area contributed by atoms with Crippen molar-refractivity contribution in [3.05, 3.63) is 48.0 Å². The average Bonchev–Trinajstić information content (AvgIpc) is 3.11. The maximum Gasteiger partial charge on any atom is 0.254 e. The SMILES string of the molecule is O=C(c1cccc2ccccc12)N1CCC(N2CCNCC2)C1. The standard InChI is InChI=1S/C19H23N3O/c23-19(18-7-3-5-15-4-1-2-6-17(15)18)22-11-8-16(14-22)21-12-9-20-10-13-21/h1-7,16,20H,8-14H2. The third-order valence-corrected chi connectivity index (χ3v) is 5.14. The van der Waals surface area contributed by atoms with Gasteiger partial charge in [-0.15, -0.1) is 0 Å². The number of fused-ring (bicyclic) bond motifs is 1. The summed E-state index contributed by atoms with van der Waals surface area (Å²) in [5, 5.41) is 5.59. The molecule has 0 spiro atoms. The van der Waals surface area contributed by atoms with Crippen LogP contribution in [0, 0.1) is 0 Å². The first-order valence-electron chi connectivity index (χ1n) is 8.55. The molecule has 2 aliphatic rings. The molecule has 1 atom stereocenters. The highest BCUT2D eigenvalue weighted by molar-refractivity contribution is 6.07. The molecule has 2 fully saturated rings. The Balaban J connectivity index is 1.53. The Morgan fingerprint density at radius 3 is 2.65 bits per heavy atom. The van der Waals surface area contributed by atoms with Gasteiger partial charge in [0.1, 0.15) is 0 Å². The van der Waals surface area contributed by atoms with Gasteiger partial charge in [-0.2, -0.15) is 0 Å². The van der Waals surface area contributed by atoms with Crippen molar-refractivity contribution < 1.29 is 4.79 Å². The maximum absolute atomic E-state index is 13.0. The van der Waals surface area contributed by atoms with Crippen molar-refractivity contribution in [2.24, 2.45) is 0 Å². The number of benzene rings is 2. The summed E-state index contributed by atoms with van der Waals surface area (Å²) in [6.07, 6.45) is 1.09. The molecule has 4 nitrogen and oxygen atoms in total. The van der Waals surface area contributed by atoms with E-state index in [-0.39, 0.29) is 5.91 Å². The van der Waals surface area contributed by atoms with Crippen LogP contribution >= 0.6 is 0 Å². The minimum atomic E-state index is 0.180. The number of nitrogens with one attached hydrogen (secondary N) is 1. The topological polar surface area (TPSA) is 35.6 Å². The number of piperazine rings is 1. The summed E-state index contributed by atoms with van der Waals surface area (Å²) in [5.74, 6) is 0.180. The van der Waals surface area contributed by atoms with Gasteiger partial charge in [-0.05, 0) is 23.3 Å². The fraction of sp³-hybridized carbons (Fsp3) is 0.421. The summed E-state index contributed by atoms with van der Waals surface area (Å²) < 4.78 is 0. The minimum absolute atomic E-state index is 0.180. The number of nitrogens with zero attached hydrogens (tertiary/aromatic N) is 2. The van der Waals surface area contributed by atoms with E-state index in [1.54, 1.807) is 0 Å². The van der Waals surface area contributed by atoms with Gasteiger partial charge >= 0.3 is 0 Å². The number of carbonyl (C=O) groups excluding carboxylic acids is 1. The Hall–Kier alpha value is -1.91. The number of hydrogen-bond acceptors (Lipinski definition) is 3. The lowest BCUT2D eigenvalue weighted by Gasteiger charge is -2.32. The first-order valence-corrected chi connectivity index (χ1v) is 8.55. The molecule has 2 aliphatic heterocycles. The highest BCUT2D eigenvalue weighted by Crippen LogP contribution is 2.23. The van der Waals surface area contributed by atoms with Crippen LogP contribution in [0.2, 0.25) is 0 Å². The zero-order chi connectivity index (χ0) is 15.6. The number of amides is 1. The summed E-state index contributed by atoms with van der Waals surface area (Å²) in [6, 6.07) is 14.7. The predicted octanol–water partition coefficient (Wildman–Crippen LogP) is 1.96. The van der Waals surface area contributed by atoms with Crippen LogP contribution in [0.3, 0.4) is 0 Å². The third kappa shape index (κ3) is 2.84. The molecule has 1 unspecified atom stereocenters. The summed E-state index contributed by atoms with van der Waals surface area (Å²) in [4.78, 5) is 17.6. The first kappa shape index (κ1) is 14.7. The fourth-order valence-corrected chi connectivity index (χ4v) is 3.85.